The Labute approximate surface area is 125 Å². The van der Waals surface area contributed by atoms with Crippen molar-refractivity contribution in [3.05, 3.63) is 70.9 Å². The van der Waals surface area contributed by atoms with Crippen molar-refractivity contribution in [1.82, 2.24) is 23.9 Å². The molecule has 0 aromatic carbocycles. The summed E-state index contributed by atoms with van der Waals surface area (Å²) >= 11 is 0. The van der Waals surface area contributed by atoms with E-state index in [-0.39, 0.29) is 5.56 Å². The summed E-state index contributed by atoms with van der Waals surface area (Å²) in [5.74, 6) is 0. The van der Waals surface area contributed by atoms with Crippen molar-refractivity contribution in [2.24, 2.45) is 0 Å². The summed E-state index contributed by atoms with van der Waals surface area (Å²) < 4.78 is 3.52. The van der Waals surface area contributed by atoms with Crippen molar-refractivity contribution >= 4 is 16.6 Å². The van der Waals surface area contributed by atoms with Gasteiger partial charge in [-0.3, -0.25) is 14.3 Å². The molecule has 6 heteroatoms. The van der Waals surface area contributed by atoms with Crippen LogP contribution in [0.5, 0.6) is 0 Å². The van der Waals surface area contributed by atoms with E-state index in [1.165, 1.54) is 0 Å². The van der Waals surface area contributed by atoms with Crippen LogP contribution in [-0.4, -0.2) is 23.9 Å². The van der Waals surface area contributed by atoms with Gasteiger partial charge in [-0.1, -0.05) is 0 Å². The summed E-state index contributed by atoms with van der Waals surface area (Å²) in [7, 11) is 0. The predicted molar refractivity (Wildman–Crippen MR) is 82.8 cm³/mol. The first-order chi connectivity index (χ1) is 10.7. The van der Waals surface area contributed by atoms with Crippen LogP contribution in [0.4, 0.5) is 0 Å². The zero-order valence-corrected chi connectivity index (χ0v) is 12.0. The van der Waals surface area contributed by atoms with Gasteiger partial charge in [-0.25, -0.2) is 9.97 Å². The Hall–Kier alpha value is -3.02. The van der Waals surface area contributed by atoms with Crippen molar-refractivity contribution in [1.29, 1.82) is 0 Å². The first kappa shape index (κ1) is 12.7. The second-order valence-electron chi connectivity index (χ2n) is 5.27. The standard InChI is InChI=1S/C16H13N5O/c1-11-3-5-20-8-12(19-15(20)6-11)9-21-10-18-14-7-17-4-2-13(14)16(21)22/h2-8,10H,9H2,1H3. The average Bonchev–Trinajstić information content (AvgIpc) is 2.92. The fourth-order valence-corrected chi connectivity index (χ4v) is 2.51. The number of hydrogen-bond donors (Lipinski definition) is 0. The molecule has 0 aliphatic carbocycles. The first-order valence-electron chi connectivity index (χ1n) is 6.94. The maximum atomic E-state index is 12.5. The van der Waals surface area contributed by atoms with Crippen molar-refractivity contribution in [2.45, 2.75) is 13.5 Å². The predicted octanol–water partition coefficient (Wildman–Crippen LogP) is 1.80. The van der Waals surface area contributed by atoms with Crippen LogP contribution in [0.3, 0.4) is 0 Å². The fourth-order valence-electron chi connectivity index (χ4n) is 2.51. The maximum absolute atomic E-state index is 12.5. The highest BCUT2D eigenvalue weighted by molar-refractivity contribution is 5.75. The number of pyridine rings is 2. The highest BCUT2D eigenvalue weighted by Gasteiger charge is 2.07. The van der Waals surface area contributed by atoms with Gasteiger partial charge in [0.15, 0.2) is 0 Å². The van der Waals surface area contributed by atoms with Crippen LogP contribution in [0.15, 0.2) is 54.1 Å². The number of aromatic nitrogens is 5. The molecule has 0 unspecified atom stereocenters. The second kappa shape index (κ2) is 4.77. The molecule has 4 aromatic heterocycles. The Morgan fingerprint density at radius 1 is 1.27 bits per heavy atom. The van der Waals surface area contributed by atoms with Crippen LogP contribution in [0, 0.1) is 6.92 Å². The minimum Gasteiger partial charge on any atom is -0.307 e. The summed E-state index contributed by atoms with van der Waals surface area (Å²) in [6.45, 7) is 2.42. The Morgan fingerprint density at radius 3 is 3.09 bits per heavy atom. The van der Waals surface area contributed by atoms with E-state index in [4.69, 9.17) is 0 Å². The topological polar surface area (TPSA) is 65.1 Å². The van der Waals surface area contributed by atoms with E-state index >= 15 is 0 Å². The van der Waals surface area contributed by atoms with Crippen LogP contribution in [-0.2, 0) is 6.54 Å². The molecule has 0 saturated heterocycles. The first-order valence-corrected chi connectivity index (χ1v) is 6.94. The smallest absolute Gasteiger partial charge is 0.261 e. The van der Waals surface area contributed by atoms with Gasteiger partial charge < -0.3 is 4.40 Å². The number of fused-ring (bicyclic) bond motifs is 2. The van der Waals surface area contributed by atoms with Gasteiger partial charge in [-0.2, -0.15) is 0 Å². The lowest BCUT2D eigenvalue weighted by molar-refractivity contribution is 0.734. The van der Waals surface area contributed by atoms with Crippen LogP contribution < -0.4 is 5.56 Å². The molecule has 4 rings (SSSR count). The zero-order chi connectivity index (χ0) is 15.1. The van der Waals surface area contributed by atoms with Crippen molar-refractivity contribution in [3.8, 4) is 0 Å². The molecule has 0 aliphatic heterocycles. The second-order valence-corrected chi connectivity index (χ2v) is 5.27. The minimum absolute atomic E-state index is 0.0827. The van der Waals surface area contributed by atoms with E-state index in [1.54, 1.807) is 29.4 Å². The fraction of sp³-hybridized carbons (Fsp3) is 0.125. The van der Waals surface area contributed by atoms with E-state index in [0.717, 1.165) is 16.9 Å². The van der Waals surface area contributed by atoms with E-state index in [0.29, 0.717) is 17.4 Å². The number of aryl methyl sites for hydroxylation is 1. The molecule has 0 spiro atoms. The van der Waals surface area contributed by atoms with Gasteiger partial charge in [-0.05, 0) is 30.7 Å². The molecule has 0 amide bonds. The molecule has 0 bridgehead atoms. The van der Waals surface area contributed by atoms with E-state index in [2.05, 4.69) is 15.0 Å². The zero-order valence-electron chi connectivity index (χ0n) is 12.0. The number of nitrogens with zero attached hydrogens (tertiary/aromatic N) is 5. The monoisotopic (exact) mass is 291 g/mol. The Bertz CT molecular complexity index is 1050. The molecule has 4 aromatic rings. The van der Waals surface area contributed by atoms with Crippen LogP contribution in [0.25, 0.3) is 16.6 Å². The molecule has 0 radical (unpaired) electrons. The van der Waals surface area contributed by atoms with E-state index < -0.39 is 0 Å². The number of rotatable bonds is 2. The quantitative estimate of drug-likeness (QED) is 0.565. The number of imidazole rings is 1. The Balaban J connectivity index is 1.78. The third-order valence-electron chi connectivity index (χ3n) is 3.63. The largest absolute Gasteiger partial charge is 0.307 e. The third kappa shape index (κ3) is 2.05. The lowest BCUT2D eigenvalue weighted by Gasteiger charge is -2.03. The van der Waals surface area contributed by atoms with Crippen LogP contribution in [0.1, 0.15) is 11.3 Å². The van der Waals surface area contributed by atoms with Crippen LogP contribution >= 0.6 is 0 Å². The molecule has 0 fully saturated rings. The van der Waals surface area contributed by atoms with Gasteiger partial charge in [0.05, 0.1) is 35.7 Å². The molecule has 22 heavy (non-hydrogen) atoms. The third-order valence-corrected chi connectivity index (χ3v) is 3.63. The molecule has 0 atom stereocenters. The SMILES string of the molecule is Cc1ccn2cc(Cn3cnc4cnccc4c3=O)nc2c1. The van der Waals surface area contributed by atoms with Crippen molar-refractivity contribution in [3.63, 3.8) is 0 Å². The van der Waals surface area contributed by atoms with Gasteiger partial charge in [0.1, 0.15) is 5.65 Å². The van der Waals surface area contributed by atoms with Gasteiger partial charge >= 0.3 is 0 Å². The van der Waals surface area contributed by atoms with Crippen molar-refractivity contribution < 1.29 is 0 Å². The lowest BCUT2D eigenvalue weighted by atomic mass is 10.3. The average molecular weight is 291 g/mol. The molecule has 0 aliphatic rings. The van der Waals surface area contributed by atoms with Gasteiger partial charge in [-0.15, -0.1) is 0 Å². The van der Waals surface area contributed by atoms with Gasteiger partial charge in [0.25, 0.3) is 5.56 Å². The van der Waals surface area contributed by atoms with Crippen LogP contribution in [0.2, 0.25) is 0 Å². The highest BCUT2D eigenvalue weighted by Crippen LogP contribution is 2.09. The summed E-state index contributed by atoms with van der Waals surface area (Å²) in [4.78, 5) is 25.3. The molecule has 108 valence electrons. The summed E-state index contributed by atoms with van der Waals surface area (Å²) in [6.07, 6.45) is 8.63. The summed E-state index contributed by atoms with van der Waals surface area (Å²) in [6, 6.07) is 5.72. The normalized spacial score (nSPS) is 11.3. The van der Waals surface area contributed by atoms with Gasteiger partial charge in [0.2, 0.25) is 0 Å². The maximum Gasteiger partial charge on any atom is 0.261 e. The van der Waals surface area contributed by atoms with Crippen molar-refractivity contribution in [2.75, 3.05) is 0 Å². The molecular weight excluding hydrogens is 278 g/mol. The molecule has 4 heterocycles. The Morgan fingerprint density at radius 2 is 2.18 bits per heavy atom. The Kier molecular flexibility index (Phi) is 2.75. The molecule has 0 saturated carbocycles. The minimum atomic E-state index is -0.0827. The molecule has 6 nitrogen and oxygen atoms in total. The summed E-state index contributed by atoms with van der Waals surface area (Å²) in [5, 5.41) is 0.567. The molecular formula is C16H13N5O. The van der Waals surface area contributed by atoms with E-state index in [9.17, 15) is 4.79 Å². The molecule has 0 N–H and O–H groups in total. The van der Waals surface area contributed by atoms with Gasteiger partial charge in [0, 0.05) is 18.6 Å². The highest BCUT2D eigenvalue weighted by atomic mass is 16.1. The number of hydrogen-bond acceptors (Lipinski definition) is 4. The summed E-state index contributed by atoms with van der Waals surface area (Å²) in [5.41, 5.74) is 3.38. The lowest BCUT2D eigenvalue weighted by Crippen LogP contribution is -2.21. The van der Waals surface area contributed by atoms with E-state index in [1.807, 2.05) is 35.9 Å².